The molecule has 0 atom stereocenters. The Bertz CT molecular complexity index is 581. The number of hydrogen-bond acceptors (Lipinski definition) is 4. The molecule has 2 rings (SSSR count). The Kier molecular flexibility index (Phi) is 4.26. The molecule has 0 fully saturated rings. The van der Waals surface area contributed by atoms with Crippen LogP contribution < -0.4 is 11.5 Å². The minimum absolute atomic E-state index is 0.0451. The molecule has 0 amide bonds. The second-order valence-electron chi connectivity index (χ2n) is 4.34. The van der Waals surface area contributed by atoms with Crippen LogP contribution in [0.2, 0.25) is 0 Å². The highest BCUT2D eigenvalue weighted by Gasteiger charge is 2.12. The van der Waals surface area contributed by atoms with E-state index in [4.69, 9.17) is 11.5 Å². The number of nitrogens with zero attached hydrogens (tertiary/aromatic N) is 1. The van der Waals surface area contributed by atoms with E-state index in [9.17, 15) is 4.79 Å². The number of nitrogens with two attached hydrogens (primary N) is 2. The van der Waals surface area contributed by atoms with Crippen LogP contribution >= 0.6 is 0 Å². The summed E-state index contributed by atoms with van der Waals surface area (Å²) in [7, 11) is 0. The van der Waals surface area contributed by atoms with Crippen molar-refractivity contribution in [2.45, 2.75) is 12.8 Å². The average molecular weight is 255 g/mol. The Morgan fingerprint density at radius 3 is 2.58 bits per heavy atom. The number of nitrogen functional groups attached to an aromatic ring is 1. The number of carbonyl (C=O) groups excluding carboxylic acids is 1. The van der Waals surface area contributed by atoms with Crippen LogP contribution in [0.15, 0.2) is 42.6 Å². The Morgan fingerprint density at radius 2 is 1.84 bits per heavy atom. The Balaban J connectivity index is 2.23. The zero-order chi connectivity index (χ0) is 13.7. The van der Waals surface area contributed by atoms with Crippen molar-refractivity contribution in [3.8, 4) is 0 Å². The van der Waals surface area contributed by atoms with E-state index in [1.165, 1.54) is 0 Å². The molecule has 4 heteroatoms. The molecule has 0 spiro atoms. The fourth-order valence-electron chi connectivity index (χ4n) is 2.03. The number of pyridine rings is 1. The van der Waals surface area contributed by atoms with Crippen molar-refractivity contribution < 1.29 is 4.79 Å². The van der Waals surface area contributed by atoms with Gasteiger partial charge in [0.25, 0.3) is 0 Å². The van der Waals surface area contributed by atoms with Gasteiger partial charge in [-0.2, -0.15) is 0 Å². The molecule has 0 aliphatic rings. The summed E-state index contributed by atoms with van der Waals surface area (Å²) < 4.78 is 0. The molecule has 1 aromatic heterocycles. The molecule has 2 aromatic rings. The normalized spacial score (nSPS) is 10.4. The van der Waals surface area contributed by atoms with Crippen LogP contribution in [0, 0.1) is 0 Å². The van der Waals surface area contributed by atoms with Crippen LogP contribution in [-0.2, 0) is 12.8 Å². The van der Waals surface area contributed by atoms with E-state index in [0.29, 0.717) is 18.8 Å². The summed E-state index contributed by atoms with van der Waals surface area (Å²) in [6, 6.07) is 11.2. The standard InChI is InChI=1S/C15H17N3O/c16-8-7-11-4-1-2-6-13(11)14(19)10-12-5-3-9-18-15(12)17/h1-6,9H,7-8,10,16H2,(H2,17,18). The quantitative estimate of drug-likeness (QED) is 0.795. The fourth-order valence-corrected chi connectivity index (χ4v) is 2.03. The molecule has 1 aromatic carbocycles. The summed E-state index contributed by atoms with van der Waals surface area (Å²) in [5, 5.41) is 0. The molecule has 1 heterocycles. The number of hydrogen-bond donors (Lipinski definition) is 2. The number of Topliss-reactive ketones (excluding diaryl/α,β-unsaturated/α-hetero) is 1. The smallest absolute Gasteiger partial charge is 0.167 e. The molecule has 0 unspecified atom stereocenters. The molecule has 0 saturated carbocycles. The molecular weight excluding hydrogens is 238 g/mol. The number of aromatic nitrogens is 1. The monoisotopic (exact) mass is 255 g/mol. The lowest BCUT2D eigenvalue weighted by molar-refractivity contribution is 0.0992. The Labute approximate surface area is 112 Å². The highest BCUT2D eigenvalue weighted by atomic mass is 16.1. The maximum Gasteiger partial charge on any atom is 0.167 e. The molecular formula is C15H17N3O. The Morgan fingerprint density at radius 1 is 1.11 bits per heavy atom. The van der Waals surface area contributed by atoms with Gasteiger partial charge in [0.2, 0.25) is 0 Å². The lowest BCUT2D eigenvalue weighted by Gasteiger charge is -2.08. The van der Waals surface area contributed by atoms with Crippen molar-refractivity contribution in [2.24, 2.45) is 5.73 Å². The van der Waals surface area contributed by atoms with Crippen molar-refractivity contribution >= 4 is 11.6 Å². The van der Waals surface area contributed by atoms with Crippen LogP contribution in [0.4, 0.5) is 5.82 Å². The van der Waals surface area contributed by atoms with Gasteiger partial charge in [-0.3, -0.25) is 4.79 Å². The van der Waals surface area contributed by atoms with E-state index < -0.39 is 0 Å². The van der Waals surface area contributed by atoms with Crippen LogP contribution in [0.3, 0.4) is 0 Å². The summed E-state index contributed by atoms with van der Waals surface area (Å²) in [6.45, 7) is 0.527. The zero-order valence-electron chi connectivity index (χ0n) is 10.7. The number of benzene rings is 1. The van der Waals surface area contributed by atoms with Crippen molar-refractivity contribution in [3.05, 3.63) is 59.3 Å². The van der Waals surface area contributed by atoms with Crippen molar-refractivity contribution in [2.75, 3.05) is 12.3 Å². The Hall–Kier alpha value is -2.20. The van der Waals surface area contributed by atoms with Gasteiger partial charge in [0.05, 0.1) is 0 Å². The largest absolute Gasteiger partial charge is 0.383 e. The first-order valence-electron chi connectivity index (χ1n) is 6.23. The number of anilines is 1. The van der Waals surface area contributed by atoms with Gasteiger partial charge in [-0.05, 0) is 24.6 Å². The third-order valence-corrected chi connectivity index (χ3v) is 3.01. The minimum Gasteiger partial charge on any atom is -0.383 e. The second-order valence-corrected chi connectivity index (χ2v) is 4.34. The number of ketones is 1. The molecule has 19 heavy (non-hydrogen) atoms. The van der Waals surface area contributed by atoms with Gasteiger partial charge < -0.3 is 11.5 Å². The van der Waals surface area contributed by atoms with Crippen molar-refractivity contribution in [3.63, 3.8) is 0 Å². The highest BCUT2D eigenvalue weighted by molar-refractivity contribution is 5.99. The third-order valence-electron chi connectivity index (χ3n) is 3.01. The van der Waals surface area contributed by atoms with Crippen LogP contribution in [0.1, 0.15) is 21.5 Å². The maximum absolute atomic E-state index is 12.3. The molecule has 4 N–H and O–H groups in total. The SMILES string of the molecule is NCCc1ccccc1C(=O)Cc1cccnc1N. The van der Waals surface area contributed by atoms with Crippen LogP contribution in [0.5, 0.6) is 0 Å². The molecule has 0 aliphatic carbocycles. The van der Waals surface area contributed by atoms with E-state index >= 15 is 0 Å². The summed E-state index contributed by atoms with van der Waals surface area (Å²) in [6.07, 6.45) is 2.58. The van der Waals surface area contributed by atoms with Gasteiger partial charge in [-0.1, -0.05) is 30.3 Å². The van der Waals surface area contributed by atoms with Gasteiger partial charge in [-0.25, -0.2) is 4.98 Å². The number of carbonyl (C=O) groups is 1. The van der Waals surface area contributed by atoms with Crippen molar-refractivity contribution in [1.82, 2.24) is 4.98 Å². The fraction of sp³-hybridized carbons (Fsp3) is 0.200. The van der Waals surface area contributed by atoms with E-state index in [0.717, 1.165) is 16.7 Å². The van der Waals surface area contributed by atoms with Crippen LogP contribution in [0.25, 0.3) is 0 Å². The van der Waals surface area contributed by atoms with Gasteiger partial charge in [0.15, 0.2) is 5.78 Å². The number of rotatable bonds is 5. The molecule has 4 nitrogen and oxygen atoms in total. The van der Waals surface area contributed by atoms with Crippen molar-refractivity contribution in [1.29, 1.82) is 0 Å². The summed E-state index contributed by atoms with van der Waals surface area (Å²) in [5.41, 5.74) is 13.8. The van der Waals surface area contributed by atoms with Gasteiger partial charge in [0.1, 0.15) is 5.82 Å². The first kappa shape index (κ1) is 13.2. The maximum atomic E-state index is 12.3. The lowest BCUT2D eigenvalue weighted by Crippen LogP contribution is -2.12. The summed E-state index contributed by atoms with van der Waals surface area (Å²) in [5.74, 6) is 0.455. The van der Waals surface area contributed by atoms with Gasteiger partial charge in [-0.15, -0.1) is 0 Å². The van der Waals surface area contributed by atoms with E-state index in [-0.39, 0.29) is 12.2 Å². The van der Waals surface area contributed by atoms with Gasteiger partial charge in [0, 0.05) is 23.7 Å². The highest BCUT2D eigenvalue weighted by Crippen LogP contribution is 2.15. The van der Waals surface area contributed by atoms with E-state index in [1.807, 2.05) is 30.3 Å². The molecule has 0 saturated heterocycles. The predicted octanol–water partition coefficient (Wildman–Crippen LogP) is 1.59. The zero-order valence-corrected chi connectivity index (χ0v) is 10.7. The van der Waals surface area contributed by atoms with E-state index in [1.54, 1.807) is 12.3 Å². The molecule has 98 valence electrons. The molecule has 0 radical (unpaired) electrons. The summed E-state index contributed by atoms with van der Waals surface area (Å²) in [4.78, 5) is 16.3. The van der Waals surface area contributed by atoms with E-state index in [2.05, 4.69) is 4.98 Å². The van der Waals surface area contributed by atoms with Crippen LogP contribution in [-0.4, -0.2) is 17.3 Å². The molecule has 0 bridgehead atoms. The topological polar surface area (TPSA) is 82.0 Å². The first-order chi connectivity index (χ1) is 9.22. The second kappa shape index (κ2) is 6.11. The van der Waals surface area contributed by atoms with Gasteiger partial charge >= 0.3 is 0 Å². The molecule has 0 aliphatic heterocycles. The summed E-state index contributed by atoms with van der Waals surface area (Å²) >= 11 is 0. The minimum atomic E-state index is 0.0451. The average Bonchev–Trinajstić information content (AvgIpc) is 2.42. The lowest BCUT2D eigenvalue weighted by atomic mass is 9.97. The first-order valence-corrected chi connectivity index (χ1v) is 6.23. The third kappa shape index (κ3) is 3.17. The predicted molar refractivity (Wildman–Crippen MR) is 75.9 cm³/mol.